The maximum atomic E-state index is 12.7. The summed E-state index contributed by atoms with van der Waals surface area (Å²) in [5.41, 5.74) is 5.73. The Morgan fingerprint density at radius 3 is 2.61 bits per heavy atom. The van der Waals surface area contributed by atoms with E-state index in [1.807, 2.05) is 0 Å². The van der Waals surface area contributed by atoms with Crippen molar-refractivity contribution in [3.05, 3.63) is 23.0 Å². The number of nitrogens with zero attached hydrogens (tertiary/aromatic N) is 1. The molecule has 2 N–H and O–H groups in total. The molecule has 0 spiro atoms. The number of pyridine rings is 1. The lowest BCUT2D eigenvalue weighted by molar-refractivity contribution is -0.139. The highest BCUT2D eigenvalue weighted by molar-refractivity contribution is 5.72. The topological polar surface area (TPSA) is 74.4 Å². The molecule has 0 amide bonds. The Balaban J connectivity index is 3.25. The molecule has 0 aromatic carbocycles. The van der Waals surface area contributed by atoms with Gasteiger partial charge in [0.2, 0.25) is 0 Å². The maximum absolute atomic E-state index is 12.7. The Bertz CT molecular complexity index is 439. The molecule has 100 valence electrons. The molecule has 0 aliphatic carbocycles. The molecule has 0 atom stereocenters. The Hall–Kier alpha value is -1.76. The van der Waals surface area contributed by atoms with Crippen molar-refractivity contribution in [3.63, 3.8) is 0 Å². The first-order valence-electron chi connectivity index (χ1n) is 5.14. The molecule has 1 rings (SSSR count). The summed E-state index contributed by atoms with van der Waals surface area (Å²) in [5, 5.41) is 0. The fourth-order valence-corrected chi connectivity index (χ4v) is 1.56. The molecule has 1 heterocycles. The van der Waals surface area contributed by atoms with Crippen LogP contribution in [0.15, 0.2) is 6.20 Å². The molecule has 18 heavy (non-hydrogen) atoms. The minimum absolute atomic E-state index is 0.0265. The third-order valence-electron chi connectivity index (χ3n) is 2.43. The van der Waals surface area contributed by atoms with Gasteiger partial charge >= 0.3 is 5.97 Å². The van der Waals surface area contributed by atoms with Crippen molar-refractivity contribution in [3.8, 4) is 5.75 Å². The smallest absolute Gasteiger partial charge is 0.311 e. The molecule has 7 heteroatoms. The van der Waals surface area contributed by atoms with Crippen molar-refractivity contribution in [1.29, 1.82) is 0 Å². The first-order chi connectivity index (χ1) is 8.54. The van der Waals surface area contributed by atoms with E-state index in [2.05, 4.69) is 9.72 Å². The van der Waals surface area contributed by atoms with Gasteiger partial charge in [0, 0.05) is 18.3 Å². The predicted octanol–water partition coefficient (Wildman–Crippen LogP) is 1.20. The van der Waals surface area contributed by atoms with E-state index >= 15 is 0 Å². The number of esters is 1. The summed E-state index contributed by atoms with van der Waals surface area (Å²) in [6, 6.07) is 0. The summed E-state index contributed by atoms with van der Waals surface area (Å²) in [4.78, 5) is 15.0. The second-order valence-electron chi connectivity index (χ2n) is 3.43. The average molecular weight is 260 g/mol. The number of halogens is 2. The van der Waals surface area contributed by atoms with Gasteiger partial charge in [0.05, 0.1) is 31.9 Å². The standard InChI is InChI=1S/C11H14F2N2O3/c1-17-9(16)3-8-6(4-14)10(18-2)7(5-15-8)11(12)13/h5,11H,3-4,14H2,1-2H3. The van der Waals surface area contributed by atoms with Crippen LogP contribution in [-0.4, -0.2) is 25.2 Å². The van der Waals surface area contributed by atoms with Gasteiger partial charge in [-0.25, -0.2) is 8.78 Å². The van der Waals surface area contributed by atoms with Crippen LogP contribution in [0.1, 0.15) is 23.2 Å². The molecular weight excluding hydrogens is 246 g/mol. The van der Waals surface area contributed by atoms with E-state index in [9.17, 15) is 13.6 Å². The normalized spacial score (nSPS) is 10.6. The summed E-state index contributed by atoms with van der Waals surface area (Å²) >= 11 is 0. The molecule has 1 aromatic heterocycles. The Labute approximate surface area is 103 Å². The number of carbonyl (C=O) groups is 1. The lowest BCUT2D eigenvalue weighted by Gasteiger charge is -2.14. The van der Waals surface area contributed by atoms with E-state index in [-0.39, 0.29) is 30.0 Å². The van der Waals surface area contributed by atoms with Crippen LogP contribution in [0.5, 0.6) is 5.75 Å². The molecule has 0 fully saturated rings. The van der Waals surface area contributed by atoms with E-state index < -0.39 is 12.4 Å². The van der Waals surface area contributed by atoms with Crippen LogP contribution in [0, 0.1) is 0 Å². The molecule has 1 aromatic rings. The van der Waals surface area contributed by atoms with E-state index in [0.717, 1.165) is 6.20 Å². The average Bonchev–Trinajstić information content (AvgIpc) is 2.37. The van der Waals surface area contributed by atoms with Crippen molar-refractivity contribution in [2.75, 3.05) is 14.2 Å². The van der Waals surface area contributed by atoms with Gasteiger partial charge in [-0.2, -0.15) is 0 Å². The third kappa shape index (κ3) is 2.92. The fourth-order valence-electron chi connectivity index (χ4n) is 1.56. The van der Waals surface area contributed by atoms with Crippen LogP contribution in [-0.2, 0) is 22.5 Å². The van der Waals surface area contributed by atoms with Crippen LogP contribution in [0.25, 0.3) is 0 Å². The van der Waals surface area contributed by atoms with Crippen molar-refractivity contribution in [2.45, 2.75) is 19.4 Å². The van der Waals surface area contributed by atoms with E-state index in [4.69, 9.17) is 10.5 Å². The SMILES string of the molecule is COC(=O)Cc1ncc(C(F)F)c(OC)c1CN. The number of nitrogens with two attached hydrogens (primary N) is 1. The Kier molecular flexibility index (Phi) is 4.96. The highest BCUT2D eigenvalue weighted by Gasteiger charge is 2.21. The lowest BCUT2D eigenvalue weighted by atomic mass is 10.1. The van der Waals surface area contributed by atoms with Crippen LogP contribution >= 0.6 is 0 Å². The van der Waals surface area contributed by atoms with Gasteiger partial charge in [0.15, 0.2) is 0 Å². The molecule has 0 aliphatic heterocycles. The molecule has 0 saturated heterocycles. The summed E-state index contributed by atoms with van der Waals surface area (Å²) in [6.07, 6.45) is -1.87. The molecule has 0 saturated carbocycles. The van der Waals surface area contributed by atoms with Crippen LogP contribution in [0.2, 0.25) is 0 Å². The summed E-state index contributed by atoms with van der Waals surface area (Å²) in [7, 11) is 2.50. The first kappa shape index (κ1) is 14.3. The fraction of sp³-hybridized carbons (Fsp3) is 0.455. The summed E-state index contributed by atoms with van der Waals surface area (Å²) < 4.78 is 34.9. The van der Waals surface area contributed by atoms with Gasteiger partial charge in [0.1, 0.15) is 5.75 Å². The number of aromatic nitrogens is 1. The van der Waals surface area contributed by atoms with Crippen LogP contribution in [0.3, 0.4) is 0 Å². The Morgan fingerprint density at radius 1 is 1.50 bits per heavy atom. The molecule has 5 nitrogen and oxygen atoms in total. The molecule has 0 aliphatic rings. The third-order valence-corrected chi connectivity index (χ3v) is 2.43. The lowest BCUT2D eigenvalue weighted by Crippen LogP contribution is -2.13. The Morgan fingerprint density at radius 2 is 2.17 bits per heavy atom. The van der Waals surface area contributed by atoms with Crippen LogP contribution in [0.4, 0.5) is 8.78 Å². The number of rotatable bonds is 5. The number of methoxy groups -OCH3 is 2. The molecule has 0 radical (unpaired) electrons. The second-order valence-corrected chi connectivity index (χ2v) is 3.43. The predicted molar refractivity (Wildman–Crippen MR) is 59.4 cm³/mol. The van der Waals surface area contributed by atoms with Crippen molar-refractivity contribution in [2.24, 2.45) is 5.73 Å². The van der Waals surface area contributed by atoms with E-state index in [1.54, 1.807) is 0 Å². The van der Waals surface area contributed by atoms with Gasteiger partial charge in [0.25, 0.3) is 6.43 Å². The zero-order valence-corrected chi connectivity index (χ0v) is 10.1. The number of ether oxygens (including phenoxy) is 2. The van der Waals surface area contributed by atoms with Crippen molar-refractivity contribution in [1.82, 2.24) is 4.98 Å². The number of carbonyl (C=O) groups excluding carboxylic acids is 1. The quantitative estimate of drug-likeness (QED) is 0.805. The molecule has 0 unspecified atom stereocenters. The van der Waals surface area contributed by atoms with Gasteiger partial charge in [-0.1, -0.05) is 0 Å². The number of hydrogen-bond acceptors (Lipinski definition) is 5. The highest BCUT2D eigenvalue weighted by Crippen LogP contribution is 2.32. The zero-order valence-electron chi connectivity index (χ0n) is 10.1. The van der Waals surface area contributed by atoms with Crippen molar-refractivity contribution < 1.29 is 23.0 Å². The van der Waals surface area contributed by atoms with Gasteiger partial charge < -0.3 is 15.2 Å². The monoisotopic (exact) mass is 260 g/mol. The minimum Gasteiger partial charge on any atom is -0.496 e. The summed E-state index contributed by atoms with van der Waals surface area (Å²) in [5.74, 6) is -0.551. The van der Waals surface area contributed by atoms with Crippen molar-refractivity contribution >= 4 is 5.97 Å². The second kappa shape index (κ2) is 6.25. The first-order valence-corrected chi connectivity index (χ1v) is 5.14. The maximum Gasteiger partial charge on any atom is 0.311 e. The van der Waals surface area contributed by atoms with Gasteiger partial charge in [-0.05, 0) is 0 Å². The minimum atomic E-state index is -2.72. The van der Waals surface area contributed by atoms with Gasteiger partial charge in [-0.15, -0.1) is 0 Å². The molecule has 0 bridgehead atoms. The molecular formula is C11H14F2N2O3. The summed E-state index contributed by atoms with van der Waals surface area (Å²) in [6.45, 7) is -0.0525. The van der Waals surface area contributed by atoms with E-state index in [1.165, 1.54) is 14.2 Å². The van der Waals surface area contributed by atoms with E-state index in [0.29, 0.717) is 5.56 Å². The highest BCUT2D eigenvalue weighted by atomic mass is 19.3. The number of alkyl halides is 2. The van der Waals surface area contributed by atoms with Gasteiger partial charge in [-0.3, -0.25) is 9.78 Å². The zero-order chi connectivity index (χ0) is 13.7. The largest absolute Gasteiger partial charge is 0.496 e. The van der Waals surface area contributed by atoms with Crippen LogP contribution < -0.4 is 10.5 Å². The number of hydrogen-bond donors (Lipinski definition) is 1.